The Balaban J connectivity index is 3.08. The van der Waals surface area contributed by atoms with Crippen molar-refractivity contribution in [1.82, 2.24) is 0 Å². The Hall–Kier alpha value is 0.01000. The molecule has 1 nitrogen and oxygen atoms in total. The lowest BCUT2D eigenvalue weighted by atomic mass is 10.1. The highest BCUT2D eigenvalue weighted by atomic mass is 79.9. The van der Waals surface area contributed by atoms with Crippen LogP contribution >= 0.6 is 39.3 Å². The SMILES string of the molecule is CSc1ccc(C(=O)C(C)Cl)cc1CBr. The van der Waals surface area contributed by atoms with E-state index in [1.54, 1.807) is 18.7 Å². The first kappa shape index (κ1) is 13.1. The van der Waals surface area contributed by atoms with Gasteiger partial charge in [0, 0.05) is 15.8 Å². The molecule has 0 bridgehead atoms. The molecular formula is C11H12BrClOS. The van der Waals surface area contributed by atoms with Gasteiger partial charge in [-0.3, -0.25) is 4.79 Å². The molecule has 82 valence electrons. The van der Waals surface area contributed by atoms with E-state index < -0.39 is 5.38 Å². The van der Waals surface area contributed by atoms with Crippen LogP contribution in [0, 0.1) is 0 Å². The van der Waals surface area contributed by atoms with Gasteiger partial charge in [0.05, 0.1) is 5.38 Å². The lowest BCUT2D eigenvalue weighted by Gasteiger charge is -2.08. The maximum absolute atomic E-state index is 11.7. The van der Waals surface area contributed by atoms with Gasteiger partial charge in [-0.25, -0.2) is 0 Å². The fraction of sp³-hybridized carbons (Fsp3) is 0.364. The van der Waals surface area contributed by atoms with Crippen LogP contribution in [-0.4, -0.2) is 17.4 Å². The molecule has 0 aromatic heterocycles. The van der Waals surface area contributed by atoms with E-state index in [4.69, 9.17) is 11.6 Å². The van der Waals surface area contributed by atoms with Gasteiger partial charge in [-0.15, -0.1) is 23.4 Å². The van der Waals surface area contributed by atoms with Crippen molar-refractivity contribution in [2.45, 2.75) is 22.5 Å². The van der Waals surface area contributed by atoms with E-state index in [1.807, 2.05) is 24.5 Å². The minimum Gasteiger partial charge on any atom is -0.293 e. The topological polar surface area (TPSA) is 17.1 Å². The third-order valence-corrected chi connectivity index (χ3v) is 3.71. The van der Waals surface area contributed by atoms with E-state index >= 15 is 0 Å². The summed E-state index contributed by atoms with van der Waals surface area (Å²) in [4.78, 5) is 12.8. The van der Waals surface area contributed by atoms with Crippen LogP contribution < -0.4 is 0 Å². The number of benzene rings is 1. The number of hydrogen-bond donors (Lipinski definition) is 0. The average molecular weight is 308 g/mol. The second-order valence-electron chi connectivity index (χ2n) is 3.14. The smallest absolute Gasteiger partial charge is 0.180 e. The third kappa shape index (κ3) is 3.23. The highest BCUT2D eigenvalue weighted by molar-refractivity contribution is 9.08. The van der Waals surface area contributed by atoms with E-state index in [9.17, 15) is 4.79 Å². The molecule has 4 heteroatoms. The number of halogens is 2. The standard InChI is InChI=1S/C11H12BrClOS/c1-7(13)11(14)8-3-4-10(15-2)9(5-8)6-12/h3-5,7H,6H2,1-2H3. The zero-order valence-electron chi connectivity index (χ0n) is 8.59. The highest BCUT2D eigenvalue weighted by Gasteiger charge is 2.13. The van der Waals surface area contributed by atoms with E-state index in [1.165, 1.54) is 4.90 Å². The van der Waals surface area contributed by atoms with Crippen molar-refractivity contribution >= 4 is 45.1 Å². The summed E-state index contributed by atoms with van der Waals surface area (Å²) in [5.74, 6) is -0.0217. The molecule has 15 heavy (non-hydrogen) atoms. The number of carbonyl (C=O) groups excluding carboxylic acids is 1. The van der Waals surface area contributed by atoms with Gasteiger partial charge < -0.3 is 0 Å². The molecule has 0 aliphatic rings. The second-order valence-corrected chi connectivity index (χ2v) is 5.20. The summed E-state index contributed by atoms with van der Waals surface area (Å²) in [6.45, 7) is 1.69. The molecule has 0 radical (unpaired) electrons. The van der Waals surface area contributed by atoms with E-state index in [0.29, 0.717) is 5.56 Å². The summed E-state index contributed by atoms with van der Waals surface area (Å²) in [7, 11) is 0. The van der Waals surface area contributed by atoms with Gasteiger partial charge in [-0.2, -0.15) is 0 Å². The number of rotatable bonds is 4. The third-order valence-electron chi connectivity index (χ3n) is 2.07. The van der Waals surface area contributed by atoms with Gasteiger partial charge >= 0.3 is 0 Å². The van der Waals surface area contributed by atoms with Crippen molar-refractivity contribution in [3.63, 3.8) is 0 Å². The molecule has 0 aliphatic heterocycles. The van der Waals surface area contributed by atoms with Gasteiger partial charge in [0.1, 0.15) is 0 Å². The monoisotopic (exact) mass is 306 g/mol. The number of hydrogen-bond acceptors (Lipinski definition) is 2. The molecule has 1 atom stereocenters. The van der Waals surface area contributed by atoms with Crippen LogP contribution in [0.4, 0.5) is 0 Å². The van der Waals surface area contributed by atoms with Crippen LogP contribution in [-0.2, 0) is 5.33 Å². The molecule has 1 aromatic carbocycles. The average Bonchev–Trinajstić information content (AvgIpc) is 2.26. The fourth-order valence-corrected chi connectivity index (χ4v) is 2.64. The first-order valence-corrected chi connectivity index (χ1v) is 7.29. The van der Waals surface area contributed by atoms with Gasteiger partial charge in [0.15, 0.2) is 5.78 Å². The van der Waals surface area contributed by atoms with Crippen molar-refractivity contribution in [3.05, 3.63) is 29.3 Å². The molecule has 1 rings (SSSR count). The second kappa shape index (κ2) is 5.92. The summed E-state index contributed by atoms with van der Waals surface area (Å²) in [5, 5.41) is 0.286. The Labute approximate surface area is 108 Å². The summed E-state index contributed by atoms with van der Waals surface area (Å²) >= 11 is 10.9. The van der Waals surface area contributed by atoms with Crippen LogP contribution in [0.3, 0.4) is 0 Å². The van der Waals surface area contributed by atoms with Crippen LogP contribution in [0.15, 0.2) is 23.1 Å². The summed E-state index contributed by atoms with van der Waals surface area (Å²) in [6, 6.07) is 5.70. The zero-order chi connectivity index (χ0) is 11.4. The molecule has 0 fully saturated rings. The maximum Gasteiger partial charge on any atom is 0.180 e. The Bertz CT molecular complexity index is 366. The molecule has 0 heterocycles. The molecule has 0 aliphatic carbocycles. The van der Waals surface area contributed by atoms with Crippen molar-refractivity contribution < 1.29 is 4.79 Å². The molecule has 1 unspecified atom stereocenters. The predicted molar refractivity (Wildman–Crippen MR) is 70.5 cm³/mol. The fourth-order valence-electron chi connectivity index (χ4n) is 1.27. The molecular weight excluding hydrogens is 296 g/mol. The van der Waals surface area contributed by atoms with Crippen LogP contribution in [0.5, 0.6) is 0 Å². The Morgan fingerprint density at radius 1 is 1.60 bits per heavy atom. The summed E-state index contributed by atoms with van der Waals surface area (Å²) < 4.78 is 0. The highest BCUT2D eigenvalue weighted by Crippen LogP contribution is 2.24. The van der Waals surface area contributed by atoms with Crippen molar-refractivity contribution in [3.8, 4) is 0 Å². The summed E-state index contributed by atoms with van der Waals surface area (Å²) in [5.41, 5.74) is 1.82. The molecule has 0 saturated heterocycles. The van der Waals surface area contributed by atoms with Crippen LogP contribution in [0.25, 0.3) is 0 Å². The van der Waals surface area contributed by atoms with Crippen molar-refractivity contribution in [2.75, 3.05) is 6.26 Å². The number of ketones is 1. The van der Waals surface area contributed by atoms with E-state index in [0.717, 1.165) is 10.9 Å². The Kier molecular flexibility index (Phi) is 5.16. The van der Waals surface area contributed by atoms with Gasteiger partial charge in [0.2, 0.25) is 0 Å². The quantitative estimate of drug-likeness (QED) is 0.473. The zero-order valence-corrected chi connectivity index (χ0v) is 11.7. The summed E-state index contributed by atoms with van der Waals surface area (Å²) in [6.07, 6.45) is 2.02. The maximum atomic E-state index is 11.7. The minimum atomic E-state index is -0.465. The first-order chi connectivity index (χ1) is 7.10. The molecule has 0 spiro atoms. The predicted octanol–water partition coefficient (Wildman–Crippen LogP) is 4.11. The number of thioether (sulfide) groups is 1. The normalized spacial score (nSPS) is 12.5. The lowest BCUT2D eigenvalue weighted by Crippen LogP contribution is -2.10. The van der Waals surface area contributed by atoms with Crippen LogP contribution in [0.2, 0.25) is 0 Å². The minimum absolute atomic E-state index is 0.0217. The Morgan fingerprint density at radius 3 is 2.73 bits per heavy atom. The van der Waals surface area contributed by atoms with Crippen molar-refractivity contribution in [2.24, 2.45) is 0 Å². The molecule has 0 N–H and O–H groups in total. The number of Topliss-reactive ketones (excluding diaryl/α,β-unsaturated/α-hetero) is 1. The number of alkyl halides is 2. The largest absolute Gasteiger partial charge is 0.293 e. The number of carbonyl (C=O) groups is 1. The van der Waals surface area contributed by atoms with Gasteiger partial charge in [-0.1, -0.05) is 22.0 Å². The first-order valence-electron chi connectivity index (χ1n) is 4.51. The molecule has 0 amide bonds. The van der Waals surface area contributed by atoms with E-state index in [2.05, 4.69) is 15.9 Å². The van der Waals surface area contributed by atoms with Gasteiger partial charge in [-0.05, 0) is 30.9 Å². The van der Waals surface area contributed by atoms with Crippen molar-refractivity contribution in [1.29, 1.82) is 0 Å². The van der Waals surface area contributed by atoms with Crippen LogP contribution in [0.1, 0.15) is 22.8 Å². The van der Waals surface area contributed by atoms with E-state index in [-0.39, 0.29) is 5.78 Å². The molecule has 1 aromatic rings. The Morgan fingerprint density at radius 2 is 2.27 bits per heavy atom. The lowest BCUT2D eigenvalue weighted by molar-refractivity contribution is 0.0991. The van der Waals surface area contributed by atoms with Gasteiger partial charge in [0.25, 0.3) is 0 Å². The molecule has 0 saturated carbocycles.